The first-order chi connectivity index (χ1) is 6.80. The number of hydrogen-bond acceptors (Lipinski definition) is 3. The Bertz CT molecular complexity index is 228. The number of hydrogen-bond donors (Lipinski definition) is 1. The lowest BCUT2D eigenvalue weighted by molar-refractivity contribution is 0.136. The van der Waals surface area contributed by atoms with E-state index in [2.05, 4.69) is 4.98 Å². The number of rotatable bonds is 0. The average molecular weight is 214 g/mol. The zero-order chi connectivity index (χ0) is 10.2. The molecule has 1 fully saturated rings. The summed E-state index contributed by atoms with van der Waals surface area (Å²) >= 11 is 1.60. The van der Waals surface area contributed by atoms with Crippen molar-refractivity contribution in [2.45, 2.75) is 19.3 Å². The molecule has 2 rings (SSSR count). The van der Waals surface area contributed by atoms with Gasteiger partial charge in [0.15, 0.2) is 0 Å². The fourth-order valence-electron chi connectivity index (χ4n) is 1.26. The molecule has 78 valence electrons. The summed E-state index contributed by atoms with van der Waals surface area (Å²) in [6.07, 6.45) is 4.25. The minimum Gasteiger partial charge on any atom is -0.465 e. The smallest absolute Gasteiger partial charge is 0.407 e. The lowest BCUT2D eigenvalue weighted by Crippen LogP contribution is -2.34. The number of aromatic nitrogens is 1. The van der Waals surface area contributed by atoms with Gasteiger partial charge in [-0.05, 0) is 19.3 Å². The van der Waals surface area contributed by atoms with Gasteiger partial charge in [-0.2, -0.15) is 0 Å². The van der Waals surface area contributed by atoms with Crippen molar-refractivity contribution in [2.24, 2.45) is 0 Å². The third-order valence-electron chi connectivity index (χ3n) is 1.97. The van der Waals surface area contributed by atoms with Crippen LogP contribution in [0.5, 0.6) is 0 Å². The fourth-order valence-corrected chi connectivity index (χ4v) is 1.61. The van der Waals surface area contributed by atoms with Gasteiger partial charge in [-0.1, -0.05) is 0 Å². The highest BCUT2D eigenvalue weighted by atomic mass is 32.1. The largest absolute Gasteiger partial charge is 0.465 e. The summed E-state index contributed by atoms with van der Waals surface area (Å²) < 4.78 is 0. The Labute approximate surface area is 87.2 Å². The van der Waals surface area contributed by atoms with Crippen LogP contribution in [-0.4, -0.2) is 34.2 Å². The van der Waals surface area contributed by atoms with Crippen LogP contribution in [0.3, 0.4) is 0 Å². The Morgan fingerprint density at radius 1 is 1.36 bits per heavy atom. The summed E-state index contributed by atoms with van der Waals surface area (Å²) in [4.78, 5) is 15.5. The summed E-state index contributed by atoms with van der Waals surface area (Å²) in [5.41, 5.74) is 1.79. The van der Waals surface area contributed by atoms with Crippen LogP contribution < -0.4 is 0 Å². The molecule has 0 spiro atoms. The van der Waals surface area contributed by atoms with Gasteiger partial charge in [0.1, 0.15) is 0 Å². The monoisotopic (exact) mass is 214 g/mol. The van der Waals surface area contributed by atoms with Crippen molar-refractivity contribution >= 4 is 17.4 Å². The lowest BCUT2D eigenvalue weighted by Gasteiger charge is -2.22. The van der Waals surface area contributed by atoms with Crippen molar-refractivity contribution in [3.63, 3.8) is 0 Å². The topological polar surface area (TPSA) is 53.4 Å². The molecule has 0 aliphatic carbocycles. The highest BCUT2D eigenvalue weighted by Crippen LogP contribution is 2.07. The number of carbonyl (C=O) groups is 1. The molecule has 1 aromatic heterocycles. The number of amides is 1. The minimum atomic E-state index is -0.769. The molecule has 1 amide bonds. The highest BCUT2D eigenvalue weighted by Gasteiger charge is 2.13. The van der Waals surface area contributed by atoms with Gasteiger partial charge in [-0.3, -0.25) is 4.98 Å². The second-order valence-electron chi connectivity index (χ2n) is 3.01. The molecule has 1 N–H and O–H groups in total. The van der Waals surface area contributed by atoms with E-state index in [1.807, 2.05) is 5.38 Å². The van der Waals surface area contributed by atoms with E-state index in [1.54, 1.807) is 23.0 Å². The van der Waals surface area contributed by atoms with Crippen LogP contribution in [0.15, 0.2) is 17.1 Å². The van der Waals surface area contributed by atoms with Gasteiger partial charge in [-0.15, -0.1) is 11.3 Å². The Morgan fingerprint density at radius 2 is 2.07 bits per heavy atom. The number of thiazole rings is 1. The predicted octanol–water partition coefficient (Wildman–Crippen LogP) is 2.29. The third kappa shape index (κ3) is 4.23. The Hall–Kier alpha value is -1.10. The molecule has 1 aliphatic rings. The Kier molecular flexibility index (Phi) is 4.99. The molecule has 0 bridgehead atoms. The van der Waals surface area contributed by atoms with Crippen molar-refractivity contribution in [1.82, 2.24) is 9.88 Å². The fraction of sp³-hybridized carbons (Fsp3) is 0.556. The zero-order valence-electron chi connectivity index (χ0n) is 7.93. The second-order valence-corrected chi connectivity index (χ2v) is 3.76. The van der Waals surface area contributed by atoms with Gasteiger partial charge in [-0.25, -0.2) is 4.79 Å². The van der Waals surface area contributed by atoms with Gasteiger partial charge in [0.05, 0.1) is 5.51 Å². The van der Waals surface area contributed by atoms with Crippen LogP contribution in [-0.2, 0) is 0 Å². The quantitative estimate of drug-likeness (QED) is 0.721. The van der Waals surface area contributed by atoms with Gasteiger partial charge in [0, 0.05) is 24.7 Å². The van der Waals surface area contributed by atoms with Gasteiger partial charge >= 0.3 is 6.09 Å². The van der Waals surface area contributed by atoms with Crippen LogP contribution in [0.1, 0.15) is 19.3 Å². The van der Waals surface area contributed by atoms with Gasteiger partial charge < -0.3 is 10.0 Å². The third-order valence-corrected chi connectivity index (χ3v) is 2.50. The maximum Gasteiger partial charge on any atom is 0.407 e. The van der Waals surface area contributed by atoms with Crippen molar-refractivity contribution < 1.29 is 9.90 Å². The zero-order valence-corrected chi connectivity index (χ0v) is 8.74. The highest BCUT2D eigenvalue weighted by molar-refractivity contribution is 7.07. The summed E-state index contributed by atoms with van der Waals surface area (Å²) in [6.45, 7) is 1.46. The number of likely N-dealkylation sites (tertiary alicyclic amines) is 1. The molecule has 4 nitrogen and oxygen atoms in total. The maximum atomic E-state index is 10.3. The van der Waals surface area contributed by atoms with Crippen molar-refractivity contribution in [1.29, 1.82) is 0 Å². The second kappa shape index (κ2) is 6.37. The molecule has 0 radical (unpaired) electrons. The summed E-state index contributed by atoms with van der Waals surface area (Å²) in [6, 6.07) is 0. The lowest BCUT2D eigenvalue weighted by atomic mass is 10.1. The molecule has 1 aliphatic heterocycles. The first-order valence-electron chi connectivity index (χ1n) is 4.60. The molecule has 0 unspecified atom stereocenters. The van der Waals surface area contributed by atoms with Crippen molar-refractivity contribution in [2.75, 3.05) is 13.1 Å². The molecule has 5 heteroatoms. The van der Waals surface area contributed by atoms with Crippen LogP contribution >= 0.6 is 11.3 Å². The van der Waals surface area contributed by atoms with E-state index in [-0.39, 0.29) is 0 Å². The maximum absolute atomic E-state index is 10.3. The Morgan fingerprint density at radius 3 is 2.36 bits per heavy atom. The summed E-state index contributed by atoms with van der Waals surface area (Å²) in [5.74, 6) is 0. The number of carboxylic acid groups (broad SMARTS) is 1. The molecule has 0 saturated carbocycles. The number of nitrogens with zero attached hydrogens (tertiary/aromatic N) is 2. The molecule has 0 aromatic carbocycles. The van der Waals surface area contributed by atoms with Crippen LogP contribution in [0.4, 0.5) is 4.79 Å². The summed E-state index contributed by atoms with van der Waals surface area (Å²) in [5, 5.41) is 10.4. The normalized spacial score (nSPS) is 15.6. The van der Waals surface area contributed by atoms with E-state index >= 15 is 0 Å². The minimum absolute atomic E-state index is 0.731. The number of piperidine rings is 1. The van der Waals surface area contributed by atoms with E-state index < -0.39 is 6.09 Å². The molecule has 1 aromatic rings. The van der Waals surface area contributed by atoms with Gasteiger partial charge in [0.2, 0.25) is 0 Å². The van der Waals surface area contributed by atoms with Gasteiger partial charge in [0.25, 0.3) is 0 Å². The molecular formula is C9H14N2O2S. The molecule has 1 saturated heterocycles. The van der Waals surface area contributed by atoms with Crippen molar-refractivity contribution in [3.8, 4) is 0 Å². The Balaban J connectivity index is 0.000000165. The predicted molar refractivity (Wildman–Crippen MR) is 55.6 cm³/mol. The molecule has 0 atom stereocenters. The molecular weight excluding hydrogens is 200 g/mol. The van der Waals surface area contributed by atoms with E-state index in [4.69, 9.17) is 5.11 Å². The van der Waals surface area contributed by atoms with Crippen molar-refractivity contribution in [3.05, 3.63) is 17.1 Å². The standard InChI is InChI=1S/C6H11NO2.C3H3NS/c8-6(9)7-4-2-1-3-5-7;1-2-5-3-4-1/h1-5H2,(H,8,9);1-3H. The SMILES string of the molecule is O=C(O)N1CCCCC1.c1cscn1. The van der Waals surface area contributed by atoms with E-state index in [0.717, 1.165) is 25.9 Å². The summed E-state index contributed by atoms with van der Waals surface area (Å²) in [7, 11) is 0. The average Bonchev–Trinajstić information content (AvgIpc) is 2.77. The molecule has 14 heavy (non-hydrogen) atoms. The van der Waals surface area contributed by atoms with Crippen LogP contribution in [0.2, 0.25) is 0 Å². The van der Waals surface area contributed by atoms with E-state index in [9.17, 15) is 4.79 Å². The van der Waals surface area contributed by atoms with Crippen LogP contribution in [0, 0.1) is 0 Å². The van der Waals surface area contributed by atoms with E-state index in [1.165, 1.54) is 11.3 Å². The first-order valence-corrected chi connectivity index (χ1v) is 5.55. The first kappa shape index (κ1) is 11.0. The molecule has 2 heterocycles. The van der Waals surface area contributed by atoms with Crippen LogP contribution in [0.25, 0.3) is 0 Å². The van der Waals surface area contributed by atoms with E-state index in [0.29, 0.717) is 0 Å².